The second-order valence-electron chi connectivity index (χ2n) is 10.6. The minimum atomic E-state index is -0.722. The quantitative estimate of drug-likeness (QED) is 0.484. The first kappa shape index (κ1) is 26.4. The summed E-state index contributed by atoms with van der Waals surface area (Å²) in [4.78, 5) is 33.3. The molecular formula is C27H34FN3O4S. The molecule has 0 aliphatic heterocycles. The lowest BCUT2D eigenvalue weighted by Crippen LogP contribution is -2.57. The van der Waals surface area contributed by atoms with Crippen molar-refractivity contribution >= 4 is 28.3 Å². The molecule has 2 aliphatic rings. The Bertz CT molecular complexity index is 1150. The van der Waals surface area contributed by atoms with Gasteiger partial charge >= 0.3 is 0 Å². The molecule has 0 spiro atoms. The van der Waals surface area contributed by atoms with Gasteiger partial charge in [0.1, 0.15) is 5.82 Å². The maximum atomic E-state index is 13.3. The summed E-state index contributed by atoms with van der Waals surface area (Å²) in [6.45, 7) is 8.06. The summed E-state index contributed by atoms with van der Waals surface area (Å²) in [6.07, 6.45) is 3.10. The highest BCUT2D eigenvalue weighted by atomic mass is 32.1. The number of benzene rings is 1. The lowest BCUT2D eigenvalue weighted by Gasteiger charge is -2.58. The van der Waals surface area contributed by atoms with Crippen LogP contribution in [0.3, 0.4) is 0 Å². The SMILES string of the molecule is C=CCN(C)C(=O)C[C@@H]1c2nc(NC(=O)c3ccc(F)cc3)sc2C[C@@H]2[C@](C)(CO)[C@H](O)CC[C@]21C. The van der Waals surface area contributed by atoms with Crippen LogP contribution in [0.5, 0.6) is 0 Å². The van der Waals surface area contributed by atoms with Crippen molar-refractivity contribution in [2.24, 2.45) is 16.7 Å². The zero-order chi connectivity index (χ0) is 26.3. The summed E-state index contributed by atoms with van der Waals surface area (Å²) in [5, 5.41) is 24.5. The van der Waals surface area contributed by atoms with Gasteiger partial charge in [0.15, 0.2) is 5.13 Å². The summed E-state index contributed by atoms with van der Waals surface area (Å²) >= 11 is 1.36. The van der Waals surface area contributed by atoms with Gasteiger partial charge in [-0.3, -0.25) is 14.9 Å². The van der Waals surface area contributed by atoms with E-state index in [2.05, 4.69) is 18.8 Å². The lowest BCUT2D eigenvalue weighted by molar-refractivity contribution is -0.146. The minimum Gasteiger partial charge on any atom is -0.396 e. The van der Waals surface area contributed by atoms with Crippen molar-refractivity contribution < 1.29 is 24.2 Å². The third-order valence-electron chi connectivity index (χ3n) is 8.43. The number of carbonyl (C=O) groups excluding carboxylic acids is 2. The fourth-order valence-corrected chi connectivity index (χ4v) is 7.16. The van der Waals surface area contributed by atoms with Crippen LogP contribution in [-0.4, -0.2) is 58.2 Å². The Labute approximate surface area is 215 Å². The number of aromatic nitrogens is 1. The highest BCUT2D eigenvalue weighted by Gasteiger charge is 2.59. The number of carbonyl (C=O) groups is 2. The maximum Gasteiger partial charge on any atom is 0.257 e. The fraction of sp³-hybridized carbons (Fsp3) is 0.519. The zero-order valence-electron chi connectivity index (χ0n) is 21.0. The van der Waals surface area contributed by atoms with Crippen molar-refractivity contribution in [3.05, 3.63) is 58.9 Å². The average molecular weight is 516 g/mol. The molecule has 1 fully saturated rings. The summed E-state index contributed by atoms with van der Waals surface area (Å²) in [6, 6.07) is 5.29. The predicted molar refractivity (Wildman–Crippen MR) is 137 cm³/mol. The predicted octanol–water partition coefficient (Wildman–Crippen LogP) is 3.98. The van der Waals surface area contributed by atoms with E-state index in [0.717, 1.165) is 10.6 Å². The molecule has 3 N–H and O–H groups in total. The Morgan fingerprint density at radius 2 is 2.03 bits per heavy atom. The lowest BCUT2D eigenvalue weighted by atomic mass is 9.47. The zero-order valence-corrected chi connectivity index (χ0v) is 21.8. The normalized spacial score (nSPS) is 29.1. The van der Waals surface area contributed by atoms with E-state index in [4.69, 9.17) is 4.98 Å². The monoisotopic (exact) mass is 515 g/mol. The molecule has 1 aromatic heterocycles. The van der Waals surface area contributed by atoms with Crippen LogP contribution in [0.1, 0.15) is 60.0 Å². The standard InChI is InChI=1S/C27H34FN3O4S/c1-5-12-31(4)22(34)13-18-23-19(14-20-26(18,2)11-10-21(33)27(20,3)15-32)36-25(29-23)30-24(35)16-6-8-17(28)9-7-16/h5-9,18,20-21,32-33H,1,10-15H2,2-4H3,(H,29,30,35)/t18-,20+,21-,26+,27+/m1/s1. The van der Waals surface area contributed by atoms with Gasteiger partial charge in [0, 0.05) is 41.8 Å². The number of aliphatic hydroxyl groups excluding tert-OH is 2. The van der Waals surface area contributed by atoms with Crippen molar-refractivity contribution in [1.82, 2.24) is 9.88 Å². The number of hydrogen-bond acceptors (Lipinski definition) is 6. The first-order valence-corrected chi connectivity index (χ1v) is 13.1. The fourth-order valence-electron chi connectivity index (χ4n) is 6.10. The van der Waals surface area contributed by atoms with Crippen molar-refractivity contribution in [3.8, 4) is 0 Å². The number of nitrogens with one attached hydrogen (secondary N) is 1. The molecule has 0 unspecified atom stereocenters. The van der Waals surface area contributed by atoms with Gasteiger partial charge in [0.2, 0.25) is 5.91 Å². The number of likely N-dealkylation sites (N-methyl/N-ethyl adjacent to an activating group) is 1. The van der Waals surface area contributed by atoms with E-state index in [0.29, 0.717) is 36.5 Å². The molecule has 4 rings (SSSR count). The van der Waals surface area contributed by atoms with E-state index in [-0.39, 0.29) is 36.2 Å². The van der Waals surface area contributed by atoms with Crippen molar-refractivity contribution in [2.45, 2.75) is 51.6 Å². The molecule has 9 heteroatoms. The van der Waals surface area contributed by atoms with Crippen LogP contribution in [0.4, 0.5) is 9.52 Å². The molecule has 0 radical (unpaired) electrons. The maximum absolute atomic E-state index is 13.3. The summed E-state index contributed by atoms with van der Waals surface area (Å²) < 4.78 is 13.3. The van der Waals surface area contributed by atoms with Crippen molar-refractivity contribution in [1.29, 1.82) is 0 Å². The van der Waals surface area contributed by atoms with Crippen molar-refractivity contribution in [3.63, 3.8) is 0 Å². The van der Waals surface area contributed by atoms with Gasteiger partial charge in [-0.25, -0.2) is 9.37 Å². The number of hydrogen-bond donors (Lipinski definition) is 3. The Hall–Kier alpha value is -2.62. The smallest absolute Gasteiger partial charge is 0.257 e. The molecular weight excluding hydrogens is 481 g/mol. The summed E-state index contributed by atoms with van der Waals surface area (Å²) in [5.74, 6) is -1.16. The van der Waals surface area contributed by atoms with E-state index in [1.807, 2.05) is 6.92 Å². The van der Waals surface area contributed by atoms with Crippen LogP contribution in [0.25, 0.3) is 0 Å². The van der Waals surface area contributed by atoms with E-state index >= 15 is 0 Å². The number of thiazole rings is 1. The number of halogens is 1. The number of amides is 2. The molecule has 36 heavy (non-hydrogen) atoms. The molecule has 5 atom stereocenters. The van der Waals surface area contributed by atoms with Crippen LogP contribution in [0.15, 0.2) is 36.9 Å². The first-order chi connectivity index (χ1) is 17.0. The van der Waals surface area contributed by atoms with Gasteiger partial charge in [-0.1, -0.05) is 19.9 Å². The topological polar surface area (TPSA) is 103 Å². The molecule has 2 aliphatic carbocycles. The van der Waals surface area contributed by atoms with Gasteiger partial charge in [-0.15, -0.1) is 17.9 Å². The Morgan fingerprint density at radius 3 is 2.67 bits per heavy atom. The van der Waals surface area contributed by atoms with E-state index in [9.17, 15) is 24.2 Å². The van der Waals surface area contributed by atoms with Gasteiger partial charge in [-0.05, 0) is 54.9 Å². The molecule has 1 aromatic carbocycles. The number of fused-ring (bicyclic) bond motifs is 2. The molecule has 7 nitrogen and oxygen atoms in total. The number of nitrogens with zero attached hydrogens (tertiary/aromatic N) is 2. The molecule has 2 amide bonds. The molecule has 1 saturated carbocycles. The van der Waals surface area contributed by atoms with Crippen LogP contribution in [-0.2, 0) is 11.2 Å². The Morgan fingerprint density at radius 1 is 1.33 bits per heavy atom. The highest BCUT2D eigenvalue weighted by Crippen LogP contribution is 2.62. The summed E-state index contributed by atoms with van der Waals surface area (Å²) in [5.41, 5.74) is 0.0189. The Balaban J connectivity index is 1.71. The number of anilines is 1. The minimum absolute atomic E-state index is 0.0329. The van der Waals surface area contributed by atoms with E-state index in [1.54, 1.807) is 18.0 Å². The van der Waals surface area contributed by atoms with Crippen LogP contribution in [0.2, 0.25) is 0 Å². The Kier molecular flexibility index (Phi) is 7.37. The molecule has 2 aromatic rings. The second kappa shape index (κ2) is 10.0. The van der Waals surface area contributed by atoms with Gasteiger partial charge in [0.25, 0.3) is 5.91 Å². The first-order valence-electron chi connectivity index (χ1n) is 12.2. The van der Waals surface area contributed by atoms with Gasteiger partial charge in [0.05, 0.1) is 18.4 Å². The molecule has 0 saturated heterocycles. The number of aliphatic hydroxyl groups is 2. The van der Waals surface area contributed by atoms with E-state index in [1.165, 1.54) is 35.6 Å². The molecule has 0 bridgehead atoms. The van der Waals surface area contributed by atoms with Crippen LogP contribution >= 0.6 is 11.3 Å². The highest BCUT2D eigenvalue weighted by molar-refractivity contribution is 7.15. The van der Waals surface area contributed by atoms with Crippen LogP contribution in [0, 0.1) is 22.6 Å². The van der Waals surface area contributed by atoms with Crippen molar-refractivity contribution in [2.75, 3.05) is 25.5 Å². The molecule has 194 valence electrons. The third-order valence-corrected chi connectivity index (χ3v) is 9.44. The second-order valence-corrected chi connectivity index (χ2v) is 11.7. The van der Waals surface area contributed by atoms with Crippen LogP contribution < -0.4 is 5.32 Å². The average Bonchev–Trinajstić information content (AvgIpc) is 3.25. The number of rotatable bonds is 7. The van der Waals surface area contributed by atoms with Gasteiger partial charge < -0.3 is 15.1 Å². The molecule has 1 heterocycles. The van der Waals surface area contributed by atoms with E-state index < -0.39 is 23.2 Å². The third kappa shape index (κ3) is 4.60. The summed E-state index contributed by atoms with van der Waals surface area (Å²) in [7, 11) is 1.74. The largest absolute Gasteiger partial charge is 0.396 e. The van der Waals surface area contributed by atoms with Gasteiger partial charge in [-0.2, -0.15) is 0 Å².